The summed E-state index contributed by atoms with van der Waals surface area (Å²) in [7, 11) is 1.72. The molecule has 1 aliphatic heterocycles. The van der Waals surface area contributed by atoms with Crippen LogP contribution in [0.2, 0.25) is 0 Å². The van der Waals surface area contributed by atoms with Crippen LogP contribution in [0.15, 0.2) is 40.5 Å². The van der Waals surface area contributed by atoms with Crippen LogP contribution in [-0.4, -0.2) is 19.9 Å². The Bertz CT molecular complexity index is 1180. The third-order valence-corrected chi connectivity index (χ3v) is 4.57. The van der Waals surface area contributed by atoms with E-state index in [4.69, 9.17) is 10.5 Å². The summed E-state index contributed by atoms with van der Waals surface area (Å²) in [5.74, 6) is -0.349. The molecule has 0 spiro atoms. The van der Waals surface area contributed by atoms with Crippen LogP contribution in [-0.2, 0) is 7.05 Å². The van der Waals surface area contributed by atoms with Gasteiger partial charge in [0.15, 0.2) is 5.75 Å². The number of nitriles is 1. The number of hydrogen-bond acceptors (Lipinski definition) is 6. The number of rotatable bonds is 1. The summed E-state index contributed by atoms with van der Waals surface area (Å²) in [5.41, 5.74) is 7.91. The van der Waals surface area contributed by atoms with Crippen molar-refractivity contribution in [1.29, 1.82) is 5.26 Å². The van der Waals surface area contributed by atoms with E-state index in [0.29, 0.717) is 33.6 Å². The maximum absolute atomic E-state index is 12.9. The third-order valence-electron chi connectivity index (χ3n) is 4.57. The number of nitrogens with two attached hydrogens (primary N) is 1. The predicted octanol–water partition coefficient (Wildman–Crippen LogP) is 1.49. The van der Waals surface area contributed by atoms with Gasteiger partial charge in [-0.1, -0.05) is 12.1 Å². The molecular weight excluding hydrogens is 334 g/mol. The molecule has 8 nitrogen and oxygen atoms in total. The number of fused-ring (bicyclic) bond motifs is 3. The second-order valence-corrected chi connectivity index (χ2v) is 6.15. The highest BCUT2D eigenvalue weighted by molar-refractivity contribution is 5.87. The Morgan fingerprint density at radius 1 is 1.38 bits per heavy atom. The topological polar surface area (TPSA) is 130 Å². The van der Waals surface area contributed by atoms with Gasteiger partial charge in [0.25, 0.3) is 5.56 Å². The van der Waals surface area contributed by atoms with Crippen molar-refractivity contribution in [2.75, 3.05) is 0 Å². The highest BCUT2D eigenvalue weighted by Gasteiger charge is 2.35. The number of allylic oxidation sites excluding steroid dienone is 1. The minimum atomic E-state index is -0.697. The van der Waals surface area contributed by atoms with E-state index < -0.39 is 5.92 Å². The molecule has 1 aromatic carbocycles. The van der Waals surface area contributed by atoms with E-state index in [1.165, 1.54) is 12.1 Å². The summed E-state index contributed by atoms with van der Waals surface area (Å²) in [6.45, 7) is 1.81. The van der Waals surface area contributed by atoms with Crippen molar-refractivity contribution in [3.8, 4) is 17.6 Å². The summed E-state index contributed by atoms with van der Waals surface area (Å²) in [6, 6.07) is 8.35. The second kappa shape index (κ2) is 5.39. The van der Waals surface area contributed by atoms with Gasteiger partial charge in [0.2, 0.25) is 5.88 Å². The number of aromatic hydroxyl groups is 1. The van der Waals surface area contributed by atoms with Gasteiger partial charge in [-0.15, -0.1) is 0 Å². The van der Waals surface area contributed by atoms with Crippen LogP contribution in [0, 0.1) is 18.3 Å². The monoisotopic (exact) mass is 349 g/mol. The molecule has 0 fully saturated rings. The van der Waals surface area contributed by atoms with E-state index in [-0.39, 0.29) is 22.8 Å². The minimum Gasteiger partial charge on any atom is -0.508 e. The molecule has 3 aromatic rings. The third kappa shape index (κ3) is 2.07. The van der Waals surface area contributed by atoms with E-state index >= 15 is 0 Å². The smallest absolute Gasteiger partial charge is 0.257 e. The van der Waals surface area contributed by atoms with Crippen LogP contribution in [0.4, 0.5) is 0 Å². The molecule has 4 N–H and O–H groups in total. The Morgan fingerprint density at radius 3 is 2.73 bits per heavy atom. The number of aromatic nitrogens is 3. The fourth-order valence-electron chi connectivity index (χ4n) is 3.43. The van der Waals surface area contributed by atoms with Crippen LogP contribution in [0.25, 0.3) is 11.0 Å². The van der Waals surface area contributed by atoms with Gasteiger partial charge in [-0.3, -0.25) is 9.48 Å². The first kappa shape index (κ1) is 15.8. The number of aromatic amines is 1. The first-order chi connectivity index (χ1) is 12.4. The molecule has 0 amide bonds. The van der Waals surface area contributed by atoms with Crippen molar-refractivity contribution < 1.29 is 9.84 Å². The van der Waals surface area contributed by atoms with Gasteiger partial charge >= 0.3 is 0 Å². The zero-order valence-electron chi connectivity index (χ0n) is 14.1. The Balaban J connectivity index is 2.11. The molecule has 3 heterocycles. The quantitative estimate of drug-likeness (QED) is 0.610. The molecule has 26 heavy (non-hydrogen) atoms. The summed E-state index contributed by atoms with van der Waals surface area (Å²) < 4.78 is 7.27. The van der Waals surface area contributed by atoms with E-state index in [2.05, 4.69) is 10.1 Å². The SMILES string of the molecule is Cc1nn(C)c2[nH]c(=O)c3c(c12)OC(N)=C(C#N)C3c1ccc(O)cc1. The average Bonchev–Trinajstić information content (AvgIpc) is 2.88. The number of pyridine rings is 1. The Kier molecular flexibility index (Phi) is 3.27. The number of nitrogens with zero attached hydrogens (tertiary/aromatic N) is 3. The lowest BCUT2D eigenvalue weighted by molar-refractivity contribution is 0.396. The van der Waals surface area contributed by atoms with Crippen LogP contribution in [0.3, 0.4) is 0 Å². The molecule has 0 radical (unpaired) electrons. The largest absolute Gasteiger partial charge is 0.508 e. The molecular formula is C18H15N5O3. The summed E-state index contributed by atoms with van der Waals surface area (Å²) in [4.78, 5) is 15.7. The molecule has 0 saturated heterocycles. The maximum atomic E-state index is 12.9. The molecule has 1 atom stereocenters. The fraction of sp³-hybridized carbons (Fsp3) is 0.167. The van der Waals surface area contributed by atoms with Crippen molar-refractivity contribution in [3.05, 3.63) is 62.9 Å². The van der Waals surface area contributed by atoms with Crippen LogP contribution < -0.4 is 16.0 Å². The second-order valence-electron chi connectivity index (χ2n) is 6.15. The van der Waals surface area contributed by atoms with Crippen molar-refractivity contribution in [2.24, 2.45) is 12.8 Å². The predicted molar refractivity (Wildman–Crippen MR) is 93.5 cm³/mol. The Morgan fingerprint density at radius 2 is 2.08 bits per heavy atom. The summed E-state index contributed by atoms with van der Waals surface area (Å²) in [5, 5.41) is 24.1. The Hall–Kier alpha value is -3.73. The number of H-pyrrole nitrogens is 1. The van der Waals surface area contributed by atoms with Gasteiger partial charge in [0, 0.05) is 7.05 Å². The Labute approximate surface area is 147 Å². The number of ether oxygens (including phenoxy) is 1. The van der Waals surface area contributed by atoms with Crippen LogP contribution in [0.5, 0.6) is 11.5 Å². The molecule has 130 valence electrons. The first-order valence-electron chi connectivity index (χ1n) is 7.88. The standard InChI is InChI=1S/C18H15N5O3/c1-8-12-15-14(18(25)21-17(12)23(2)22-8)13(11(7-19)16(20)26-15)9-3-5-10(24)6-4-9/h3-6,13,24H,20H2,1-2H3,(H,21,25). The van der Waals surface area contributed by atoms with Gasteiger partial charge in [0.05, 0.1) is 22.6 Å². The van der Waals surface area contributed by atoms with Crippen molar-refractivity contribution in [1.82, 2.24) is 14.8 Å². The van der Waals surface area contributed by atoms with E-state index in [9.17, 15) is 15.2 Å². The minimum absolute atomic E-state index is 0.0479. The summed E-state index contributed by atoms with van der Waals surface area (Å²) in [6.07, 6.45) is 0. The lowest BCUT2D eigenvalue weighted by Crippen LogP contribution is -2.28. The molecule has 0 aliphatic carbocycles. The molecule has 4 rings (SSSR count). The number of benzene rings is 1. The van der Waals surface area contributed by atoms with E-state index in [1.807, 2.05) is 6.07 Å². The van der Waals surface area contributed by atoms with Crippen molar-refractivity contribution in [3.63, 3.8) is 0 Å². The number of nitrogens with one attached hydrogen (secondary N) is 1. The number of phenols is 1. The zero-order valence-corrected chi connectivity index (χ0v) is 14.1. The van der Waals surface area contributed by atoms with E-state index in [0.717, 1.165) is 0 Å². The molecule has 2 aromatic heterocycles. The highest BCUT2D eigenvalue weighted by atomic mass is 16.5. The van der Waals surface area contributed by atoms with Crippen molar-refractivity contribution >= 4 is 11.0 Å². The lowest BCUT2D eigenvalue weighted by atomic mass is 9.83. The molecule has 0 saturated carbocycles. The van der Waals surface area contributed by atoms with Crippen LogP contribution >= 0.6 is 0 Å². The number of hydrogen-bond donors (Lipinski definition) is 3. The highest BCUT2D eigenvalue weighted by Crippen LogP contribution is 2.43. The molecule has 0 bridgehead atoms. The van der Waals surface area contributed by atoms with Crippen LogP contribution in [0.1, 0.15) is 22.7 Å². The van der Waals surface area contributed by atoms with Gasteiger partial charge in [-0.25, -0.2) is 0 Å². The molecule has 1 aliphatic rings. The number of aryl methyl sites for hydroxylation is 2. The maximum Gasteiger partial charge on any atom is 0.257 e. The van der Waals surface area contributed by atoms with Gasteiger partial charge in [0.1, 0.15) is 23.0 Å². The van der Waals surface area contributed by atoms with Crippen molar-refractivity contribution in [2.45, 2.75) is 12.8 Å². The van der Waals surface area contributed by atoms with Gasteiger partial charge in [-0.2, -0.15) is 10.4 Å². The number of phenolic OH excluding ortho intramolecular Hbond substituents is 1. The molecule has 1 unspecified atom stereocenters. The first-order valence-corrected chi connectivity index (χ1v) is 7.88. The van der Waals surface area contributed by atoms with Gasteiger partial charge < -0.3 is 20.6 Å². The van der Waals surface area contributed by atoms with E-state index in [1.54, 1.807) is 30.8 Å². The normalized spacial score (nSPS) is 16.3. The zero-order chi connectivity index (χ0) is 18.6. The lowest BCUT2D eigenvalue weighted by Gasteiger charge is -2.26. The molecule has 8 heteroatoms. The summed E-state index contributed by atoms with van der Waals surface area (Å²) >= 11 is 0. The fourth-order valence-corrected chi connectivity index (χ4v) is 3.43. The van der Waals surface area contributed by atoms with Gasteiger partial charge in [-0.05, 0) is 24.6 Å². The average molecular weight is 349 g/mol.